The molecule has 1 N–H and O–H groups in total. The normalized spacial score (nSPS) is 26.5. The Bertz CT molecular complexity index is 350. The number of carboxylic acids is 1. The van der Waals surface area contributed by atoms with E-state index in [4.69, 9.17) is 9.63 Å². The van der Waals surface area contributed by atoms with Gasteiger partial charge < -0.3 is 9.63 Å². The summed E-state index contributed by atoms with van der Waals surface area (Å²) in [4.78, 5) is 10.9. The maximum absolute atomic E-state index is 10.9. The lowest BCUT2D eigenvalue weighted by atomic mass is 9.81. The minimum Gasteiger partial charge on any atom is -0.478 e. The Kier molecular flexibility index (Phi) is 2.75. The van der Waals surface area contributed by atoms with Gasteiger partial charge >= 0.3 is 5.97 Å². The number of hydrogen-bond acceptors (Lipinski definition) is 3. The van der Waals surface area contributed by atoms with Crippen LogP contribution in [0, 0.1) is 5.92 Å². The molecule has 0 bridgehead atoms. The molecular weight excluding hydrogens is 194 g/mol. The number of aromatic carboxylic acids is 1. The van der Waals surface area contributed by atoms with Crippen LogP contribution in [0.5, 0.6) is 0 Å². The molecule has 2 rings (SSSR count). The van der Waals surface area contributed by atoms with Crippen LogP contribution < -0.4 is 0 Å². The summed E-state index contributed by atoms with van der Waals surface area (Å²) in [6.07, 6.45) is 5.61. The lowest BCUT2D eigenvalue weighted by Gasteiger charge is -2.24. The van der Waals surface area contributed by atoms with Gasteiger partial charge in [-0.25, -0.2) is 4.79 Å². The molecule has 0 amide bonds. The van der Waals surface area contributed by atoms with Gasteiger partial charge in [-0.15, -0.1) is 0 Å². The summed E-state index contributed by atoms with van der Waals surface area (Å²) in [5.41, 5.74) is 0.231. The van der Waals surface area contributed by atoms with Crippen LogP contribution in [0.2, 0.25) is 0 Å². The number of carboxylic acid groups (broad SMARTS) is 1. The van der Waals surface area contributed by atoms with Crippen LogP contribution in [-0.2, 0) is 0 Å². The van der Waals surface area contributed by atoms with E-state index in [-0.39, 0.29) is 11.5 Å². The minimum atomic E-state index is -0.940. The molecule has 15 heavy (non-hydrogen) atoms. The van der Waals surface area contributed by atoms with Gasteiger partial charge in [0.15, 0.2) is 5.76 Å². The Balaban J connectivity index is 2.15. The van der Waals surface area contributed by atoms with E-state index < -0.39 is 5.97 Å². The van der Waals surface area contributed by atoms with E-state index in [0.29, 0.717) is 5.76 Å². The topological polar surface area (TPSA) is 63.3 Å². The third-order valence-electron chi connectivity index (χ3n) is 3.22. The van der Waals surface area contributed by atoms with Crippen molar-refractivity contribution in [1.29, 1.82) is 0 Å². The molecule has 0 atom stereocenters. The molecule has 1 heterocycles. The van der Waals surface area contributed by atoms with E-state index in [1.807, 2.05) is 0 Å². The zero-order chi connectivity index (χ0) is 10.8. The maximum Gasteiger partial charge on any atom is 0.340 e. The fraction of sp³-hybridized carbons (Fsp3) is 0.636. The molecular formula is C11H15NO3. The Hall–Kier alpha value is -1.32. The molecule has 0 unspecified atom stereocenters. The molecule has 1 aliphatic carbocycles. The van der Waals surface area contributed by atoms with E-state index in [1.165, 1.54) is 6.20 Å². The molecule has 1 saturated carbocycles. The zero-order valence-corrected chi connectivity index (χ0v) is 8.77. The number of hydrogen-bond donors (Lipinski definition) is 1. The first-order valence-corrected chi connectivity index (χ1v) is 5.36. The molecule has 0 radical (unpaired) electrons. The lowest BCUT2D eigenvalue weighted by Crippen LogP contribution is -2.12. The highest BCUT2D eigenvalue weighted by molar-refractivity contribution is 5.88. The van der Waals surface area contributed by atoms with Crippen molar-refractivity contribution in [3.63, 3.8) is 0 Å². The Morgan fingerprint density at radius 2 is 2.13 bits per heavy atom. The minimum absolute atomic E-state index is 0.231. The van der Waals surface area contributed by atoms with Gasteiger partial charge in [-0.3, -0.25) is 0 Å². The predicted octanol–water partition coefficient (Wildman–Crippen LogP) is 2.67. The lowest BCUT2D eigenvalue weighted by molar-refractivity contribution is 0.0693. The summed E-state index contributed by atoms with van der Waals surface area (Å²) in [7, 11) is 0. The van der Waals surface area contributed by atoms with Crippen molar-refractivity contribution in [3.05, 3.63) is 17.5 Å². The van der Waals surface area contributed by atoms with Gasteiger partial charge in [0.25, 0.3) is 0 Å². The zero-order valence-electron chi connectivity index (χ0n) is 8.77. The predicted molar refractivity (Wildman–Crippen MR) is 53.8 cm³/mol. The van der Waals surface area contributed by atoms with Crippen LogP contribution in [0.15, 0.2) is 10.7 Å². The van der Waals surface area contributed by atoms with Crippen LogP contribution in [0.1, 0.15) is 54.6 Å². The first-order chi connectivity index (χ1) is 7.18. The fourth-order valence-corrected chi connectivity index (χ4v) is 2.23. The number of carbonyl (C=O) groups is 1. The Labute approximate surface area is 88.3 Å². The second kappa shape index (κ2) is 4.04. The van der Waals surface area contributed by atoms with Gasteiger partial charge in [-0.1, -0.05) is 24.9 Å². The first-order valence-electron chi connectivity index (χ1n) is 5.36. The summed E-state index contributed by atoms with van der Waals surface area (Å²) in [6.45, 7) is 2.23. The quantitative estimate of drug-likeness (QED) is 0.813. The van der Waals surface area contributed by atoms with Crippen LogP contribution in [0.3, 0.4) is 0 Å². The van der Waals surface area contributed by atoms with Crippen LogP contribution in [-0.4, -0.2) is 16.2 Å². The standard InChI is InChI=1S/C11H15NO3/c1-7-2-4-8(5-3-7)10-9(11(13)14)6-12-15-10/h6-8H,2-5H2,1H3,(H,13,14). The summed E-state index contributed by atoms with van der Waals surface area (Å²) >= 11 is 0. The molecule has 1 aromatic heterocycles. The molecule has 1 fully saturated rings. The van der Waals surface area contributed by atoms with Gasteiger partial charge in [0.1, 0.15) is 5.56 Å². The largest absolute Gasteiger partial charge is 0.478 e. The van der Waals surface area contributed by atoms with Crippen molar-refractivity contribution in [2.24, 2.45) is 5.92 Å². The van der Waals surface area contributed by atoms with Crippen LogP contribution in [0.25, 0.3) is 0 Å². The van der Waals surface area contributed by atoms with Gasteiger partial charge in [0, 0.05) is 5.92 Å². The summed E-state index contributed by atoms with van der Waals surface area (Å²) in [5, 5.41) is 12.5. The molecule has 1 aromatic rings. The van der Waals surface area contributed by atoms with Gasteiger partial charge in [-0.05, 0) is 18.8 Å². The van der Waals surface area contributed by atoms with Gasteiger partial charge in [-0.2, -0.15) is 0 Å². The SMILES string of the molecule is CC1CCC(c2oncc2C(=O)O)CC1. The van der Waals surface area contributed by atoms with Crippen molar-refractivity contribution in [1.82, 2.24) is 5.16 Å². The number of rotatable bonds is 2. The third kappa shape index (κ3) is 2.03. The third-order valence-corrected chi connectivity index (χ3v) is 3.22. The summed E-state index contributed by atoms with van der Waals surface area (Å²) in [6, 6.07) is 0. The number of aromatic nitrogens is 1. The van der Waals surface area contributed by atoms with E-state index in [1.54, 1.807) is 0 Å². The first kappa shape index (κ1) is 10.2. The van der Waals surface area contributed by atoms with Gasteiger partial charge in [0.2, 0.25) is 0 Å². The summed E-state index contributed by atoms with van der Waals surface area (Å²) < 4.78 is 5.07. The van der Waals surface area contributed by atoms with E-state index >= 15 is 0 Å². The highest BCUT2D eigenvalue weighted by Gasteiger charge is 2.27. The highest BCUT2D eigenvalue weighted by Crippen LogP contribution is 2.36. The maximum atomic E-state index is 10.9. The fourth-order valence-electron chi connectivity index (χ4n) is 2.23. The van der Waals surface area contributed by atoms with Crippen LogP contribution >= 0.6 is 0 Å². The Morgan fingerprint density at radius 1 is 1.47 bits per heavy atom. The van der Waals surface area contributed by atoms with Crippen molar-refractivity contribution in [3.8, 4) is 0 Å². The highest BCUT2D eigenvalue weighted by atomic mass is 16.5. The van der Waals surface area contributed by atoms with E-state index in [0.717, 1.165) is 31.6 Å². The molecule has 0 aliphatic heterocycles. The summed E-state index contributed by atoms with van der Waals surface area (Å²) in [5.74, 6) is 0.617. The monoisotopic (exact) mass is 209 g/mol. The average Bonchev–Trinajstić information content (AvgIpc) is 2.67. The van der Waals surface area contributed by atoms with Crippen molar-refractivity contribution >= 4 is 5.97 Å². The molecule has 0 spiro atoms. The average molecular weight is 209 g/mol. The molecule has 4 heteroatoms. The van der Waals surface area contributed by atoms with E-state index in [2.05, 4.69) is 12.1 Å². The molecule has 4 nitrogen and oxygen atoms in total. The van der Waals surface area contributed by atoms with Crippen molar-refractivity contribution in [2.45, 2.75) is 38.5 Å². The van der Waals surface area contributed by atoms with Crippen LogP contribution in [0.4, 0.5) is 0 Å². The van der Waals surface area contributed by atoms with Gasteiger partial charge in [0.05, 0.1) is 6.20 Å². The second-order valence-electron chi connectivity index (χ2n) is 4.37. The molecule has 0 saturated heterocycles. The Morgan fingerprint density at radius 3 is 2.73 bits per heavy atom. The molecule has 82 valence electrons. The smallest absolute Gasteiger partial charge is 0.340 e. The van der Waals surface area contributed by atoms with E-state index in [9.17, 15) is 4.79 Å². The second-order valence-corrected chi connectivity index (χ2v) is 4.37. The molecule has 0 aromatic carbocycles. The molecule has 1 aliphatic rings. The van der Waals surface area contributed by atoms with Crippen molar-refractivity contribution < 1.29 is 14.4 Å². The number of nitrogens with zero attached hydrogens (tertiary/aromatic N) is 1. The van der Waals surface area contributed by atoms with Crippen molar-refractivity contribution in [2.75, 3.05) is 0 Å².